The lowest BCUT2D eigenvalue weighted by molar-refractivity contribution is 0.102. The predicted octanol–water partition coefficient (Wildman–Crippen LogP) is 6.05. The third-order valence-electron chi connectivity index (χ3n) is 5.28. The van der Waals surface area contributed by atoms with Gasteiger partial charge in [-0.1, -0.05) is 25.5 Å². The molecule has 0 spiro atoms. The van der Waals surface area contributed by atoms with Gasteiger partial charge in [-0.3, -0.25) is 4.79 Å². The van der Waals surface area contributed by atoms with E-state index in [0.717, 1.165) is 46.7 Å². The quantitative estimate of drug-likeness (QED) is 0.375. The van der Waals surface area contributed by atoms with E-state index >= 15 is 0 Å². The zero-order valence-corrected chi connectivity index (χ0v) is 18.2. The van der Waals surface area contributed by atoms with Gasteiger partial charge in [0.05, 0.1) is 12.3 Å². The number of hydrogen-bond donors (Lipinski definition) is 1. The van der Waals surface area contributed by atoms with Crippen LogP contribution < -0.4 is 10.1 Å². The molecule has 0 bridgehead atoms. The van der Waals surface area contributed by atoms with Crippen molar-refractivity contribution in [1.29, 1.82) is 0 Å². The number of carbonyl (C=O) groups is 1. The van der Waals surface area contributed by atoms with Crippen molar-refractivity contribution in [2.45, 2.75) is 33.6 Å². The van der Waals surface area contributed by atoms with Gasteiger partial charge in [-0.25, -0.2) is 4.98 Å². The molecule has 0 saturated heterocycles. The summed E-state index contributed by atoms with van der Waals surface area (Å²) < 4.78 is 7.68. The smallest absolute Gasteiger partial charge is 0.255 e. The Morgan fingerprint density at radius 3 is 2.65 bits per heavy atom. The van der Waals surface area contributed by atoms with E-state index in [0.29, 0.717) is 12.2 Å². The molecular weight excluding hydrogens is 386 g/mol. The number of anilines is 1. The van der Waals surface area contributed by atoms with Crippen LogP contribution in [0.4, 0.5) is 5.69 Å². The highest BCUT2D eigenvalue weighted by molar-refractivity contribution is 6.05. The first-order valence-electron chi connectivity index (χ1n) is 10.6. The van der Waals surface area contributed by atoms with Gasteiger partial charge in [-0.15, -0.1) is 0 Å². The number of imidazole rings is 1. The second-order valence-corrected chi connectivity index (χ2v) is 7.81. The van der Waals surface area contributed by atoms with Crippen molar-refractivity contribution in [3.63, 3.8) is 0 Å². The van der Waals surface area contributed by atoms with Crippen LogP contribution in [0, 0.1) is 13.8 Å². The Kier molecular flexibility index (Phi) is 6.03. The van der Waals surface area contributed by atoms with Gasteiger partial charge in [0.2, 0.25) is 0 Å². The molecule has 4 aromatic rings. The number of aryl methyl sites for hydroxylation is 2. The number of amides is 1. The Balaban J connectivity index is 1.52. The summed E-state index contributed by atoms with van der Waals surface area (Å²) in [6.45, 7) is 6.86. The maximum Gasteiger partial charge on any atom is 0.255 e. The van der Waals surface area contributed by atoms with Crippen LogP contribution >= 0.6 is 0 Å². The summed E-state index contributed by atoms with van der Waals surface area (Å²) in [5, 5.41) is 3.04. The van der Waals surface area contributed by atoms with Gasteiger partial charge in [0.25, 0.3) is 5.91 Å². The molecule has 0 atom stereocenters. The fourth-order valence-electron chi connectivity index (χ4n) is 3.37. The standard InChI is InChI=1S/C26H27N3O2/c1-4-5-14-31-22-10-8-20(9-11-22)26(30)28-23-16-21(7-6-19(23)3)24-17-29-13-12-18(2)15-25(29)27-24/h6-13,15-17H,4-5,14H2,1-3H3,(H,28,30). The number of carbonyl (C=O) groups excluding carboxylic acids is 1. The molecule has 0 fully saturated rings. The summed E-state index contributed by atoms with van der Waals surface area (Å²) in [5.74, 6) is 0.635. The second kappa shape index (κ2) is 9.04. The minimum Gasteiger partial charge on any atom is -0.494 e. The van der Waals surface area contributed by atoms with E-state index < -0.39 is 0 Å². The molecule has 0 radical (unpaired) electrons. The Labute approximate surface area is 182 Å². The van der Waals surface area contributed by atoms with Gasteiger partial charge in [0.15, 0.2) is 0 Å². The Morgan fingerprint density at radius 1 is 1.06 bits per heavy atom. The predicted molar refractivity (Wildman–Crippen MR) is 125 cm³/mol. The zero-order chi connectivity index (χ0) is 21.8. The molecule has 158 valence electrons. The molecule has 0 unspecified atom stereocenters. The Bertz CT molecular complexity index is 1210. The van der Waals surface area contributed by atoms with E-state index in [-0.39, 0.29) is 5.91 Å². The first-order valence-corrected chi connectivity index (χ1v) is 10.6. The summed E-state index contributed by atoms with van der Waals surface area (Å²) in [5.41, 5.74) is 6.27. The van der Waals surface area contributed by atoms with Gasteiger partial charge in [0, 0.05) is 29.2 Å². The maximum atomic E-state index is 12.8. The maximum absolute atomic E-state index is 12.8. The molecule has 0 aliphatic heterocycles. The van der Waals surface area contributed by atoms with Gasteiger partial charge < -0.3 is 14.5 Å². The lowest BCUT2D eigenvalue weighted by Gasteiger charge is -2.11. The zero-order valence-electron chi connectivity index (χ0n) is 18.2. The van der Waals surface area contributed by atoms with Crippen molar-refractivity contribution < 1.29 is 9.53 Å². The number of fused-ring (bicyclic) bond motifs is 1. The number of hydrogen-bond acceptors (Lipinski definition) is 3. The summed E-state index contributed by atoms with van der Waals surface area (Å²) in [6, 6.07) is 17.4. The van der Waals surface area contributed by atoms with Crippen LogP contribution in [0.25, 0.3) is 16.9 Å². The van der Waals surface area contributed by atoms with Crippen molar-refractivity contribution in [2.75, 3.05) is 11.9 Å². The third-order valence-corrected chi connectivity index (χ3v) is 5.28. The first kappa shape index (κ1) is 20.7. The Hall–Kier alpha value is -3.60. The molecule has 0 aliphatic carbocycles. The van der Waals surface area contributed by atoms with E-state index in [1.807, 2.05) is 54.0 Å². The van der Waals surface area contributed by atoms with Crippen molar-refractivity contribution in [3.8, 4) is 17.0 Å². The molecule has 0 aliphatic rings. The number of unbranched alkanes of at least 4 members (excludes halogenated alkanes) is 1. The van der Waals surface area contributed by atoms with Crippen LogP contribution in [0.5, 0.6) is 5.75 Å². The average molecular weight is 414 g/mol. The molecule has 0 saturated carbocycles. The van der Waals surface area contributed by atoms with E-state index in [1.165, 1.54) is 5.56 Å². The SMILES string of the molecule is CCCCOc1ccc(C(=O)Nc2cc(-c3cn4ccc(C)cc4n3)ccc2C)cc1. The highest BCUT2D eigenvalue weighted by Crippen LogP contribution is 2.26. The lowest BCUT2D eigenvalue weighted by Crippen LogP contribution is -2.12. The molecule has 1 N–H and O–H groups in total. The van der Waals surface area contributed by atoms with Crippen LogP contribution in [0.3, 0.4) is 0 Å². The van der Waals surface area contributed by atoms with Crippen molar-refractivity contribution in [1.82, 2.24) is 9.38 Å². The van der Waals surface area contributed by atoms with Crippen LogP contribution in [-0.4, -0.2) is 21.9 Å². The molecule has 5 nitrogen and oxygen atoms in total. The molecule has 2 aromatic heterocycles. The minimum absolute atomic E-state index is 0.147. The van der Waals surface area contributed by atoms with Gasteiger partial charge in [0.1, 0.15) is 11.4 Å². The van der Waals surface area contributed by atoms with Crippen LogP contribution in [0.15, 0.2) is 67.0 Å². The summed E-state index contributed by atoms with van der Waals surface area (Å²) in [6.07, 6.45) is 6.12. The number of rotatable bonds is 7. The fraction of sp³-hybridized carbons (Fsp3) is 0.231. The molecule has 2 heterocycles. The van der Waals surface area contributed by atoms with Crippen molar-refractivity contribution in [3.05, 3.63) is 83.7 Å². The molecule has 31 heavy (non-hydrogen) atoms. The highest BCUT2D eigenvalue weighted by Gasteiger charge is 2.11. The summed E-state index contributed by atoms with van der Waals surface area (Å²) in [4.78, 5) is 17.5. The largest absolute Gasteiger partial charge is 0.494 e. The molecule has 1 amide bonds. The molecule has 2 aromatic carbocycles. The minimum atomic E-state index is -0.147. The third kappa shape index (κ3) is 4.77. The number of pyridine rings is 1. The van der Waals surface area contributed by atoms with E-state index in [4.69, 9.17) is 9.72 Å². The van der Waals surface area contributed by atoms with Crippen molar-refractivity contribution in [2.24, 2.45) is 0 Å². The lowest BCUT2D eigenvalue weighted by atomic mass is 10.1. The van der Waals surface area contributed by atoms with E-state index in [1.54, 1.807) is 12.1 Å². The van der Waals surface area contributed by atoms with E-state index in [2.05, 4.69) is 31.3 Å². The summed E-state index contributed by atoms with van der Waals surface area (Å²) in [7, 11) is 0. The Morgan fingerprint density at radius 2 is 1.87 bits per heavy atom. The van der Waals surface area contributed by atoms with Crippen LogP contribution in [-0.2, 0) is 0 Å². The number of aromatic nitrogens is 2. The van der Waals surface area contributed by atoms with Crippen LogP contribution in [0.2, 0.25) is 0 Å². The molecule has 4 rings (SSSR count). The number of nitrogens with zero attached hydrogens (tertiary/aromatic N) is 2. The topological polar surface area (TPSA) is 55.6 Å². The summed E-state index contributed by atoms with van der Waals surface area (Å²) >= 11 is 0. The van der Waals surface area contributed by atoms with Gasteiger partial charge in [-0.2, -0.15) is 0 Å². The molecule has 5 heteroatoms. The number of benzene rings is 2. The fourth-order valence-corrected chi connectivity index (χ4v) is 3.37. The van der Waals surface area contributed by atoms with E-state index in [9.17, 15) is 4.79 Å². The van der Waals surface area contributed by atoms with Crippen LogP contribution in [0.1, 0.15) is 41.3 Å². The first-order chi connectivity index (χ1) is 15.0. The number of nitrogens with one attached hydrogen (secondary N) is 1. The average Bonchev–Trinajstić information content (AvgIpc) is 3.19. The number of ether oxygens (including phenoxy) is 1. The molecular formula is C26H27N3O2. The van der Waals surface area contributed by atoms with Gasteiger partial charge in [-0.05, 0) is 73.9 Å². The normalized spacial score (nSPS) is 10.9. The highest BCUT2D eigenvalue weighted by atomic mass is 16.5. The monoisotopic (exact) mass is 413 g/mol. The van der Waals surface area contributed by atoms with Gasteiger partial charge >= 0.3 is 0 Å². The second-order valence-electron chi connectivity index (χ2n) is 7.81. The van der Waals surface area contributed by atoms with Crippen molar-refractivity contribution >= 4 is 17.2 Å².